The van der Waals surface area contributed by atoms with Gasteiger partial charge in [-0.15, -0.1) is 0 Å². The molecule has 1 unspecified atom stereocenters. The number of anilines is 1. The number of urea groups is 1. The molecule has 1 aliphatic rings. The van der Waals surface area contributed by atoms with Gasteiger partial charge in [0.05, 0.1) is 6.42 Å². The Kier molecular flexibility index (Phi) is 5.84. The minimum atomic E-state index is -0.863. The molecule has 0 radical (unpaired) electrons. The molecule has 2 aromatic rings. The number of hydrogen-bond acceptors (Lipinski definition) is 2. The molecule has 1 aliphatic heterocycles. The number of carbonyl (C=O) groups excluding carboxylic acids is 1. The van der Waals surface area contributed by atoms with Crippen LogP contribution in [-0.4, -0.2) is 35.1 Å². The maximum Gasteiger partial charge on any atom is 0.324 e. The van der Waals surface area contributed by atoms with Crippen molar-refractivity contribution in [1.82, 2.24) is 4.90 Å². The lowest BCUT2D eigenvalue weighted by Gasteiger charge is -2.40. The van der Waals surface area contributed by atoms with Crippen LogP contribution in [0.25, 0.3) is 0 Å². The standard InChI is InChI=1S/C19H18BrClN2O3/c20-15-5-7-16(8-6-15)23-11-13(9-18(24)25)10-22(19(23)26)12-14-3-1-2-4-17(14)21/h1-8,13H,9-12H2,(H,24,25). The summed E-state index contributed by atoms with van der Waals surface area (Å²) >= 11 is 9.62. The van der Waals surface area contributed by atoms with Gasteiger partial charge < -0.3 is 10.0 Å². The van der Waals surface area contributed by atoms with E-state index in [1.165, 1.54) is 0 Å². The van der Waals surface area contributed by atoms with Crippen LogP contribution in [0.2, 0.25) is 5.02 Å². The molecule has 1 heterocycles. The summed E-state index contributed by atoms with van der Waals surface area (Å²) < 4.78 is 0.917. The van der Waals surface area contributed by atoms with Crippen molar-refractivity contribution in [1.29, 1.82) is 0 Å². The number of nitrogens with zero attached hydrogens (tertiary/aromatic N) is 2. The monoisotopic (exact) mass is 436 g/mol. The lowest BCUT2D eigenvalue weighted by atomic mass is 10.0. The number of carbonyl (C=O) groups is 2. The minimum Gasteiger partial charge on any atom is -0.481 e. The number of halogens is 2. The van der Waals surface area contributed by atoms with E-state index < -0.39 is 5.97 Å². The summed E-state index contributed by atoms with van der Waals surface area (Å²) in [5.74, 6) is -1.02. The number of carboxylic acid groups (broad SMARTS) is 1. The van der Waals surface area contributed by atoms with Crippen molar-refractivity contribution in [2.24, 2.45) is 5.92 Å². The highest BCUT2D eigenvalue weighted by atomic mass is 79.9. The fraction of sp³-hybridized carbons (Fsp3) is 0.263. The normalized spacial score (nSPS) is 17.5. The van der Waals surface area contributed by atoms with E-state index in [4.69, 9.17) is 11.6 Å². The Bertz CT molecular complexity index is 813. The number of aliphatic carboxylic acids is 1. The Morgan fingerprint density at radius 2 is 1.85 bits per heavy atom. The Labute approximate surface area is 165 Å². The molecule has 0 saturated carbocycles. The maximum absolute atomic E-state index is 13.0. The van der Waals surface area contributed by atoms with Crippen molar-refractivity contribution in [3.8, 4) is 0 Å². The molecular weight excluding hydrogens is 420 g/mol. The van der Waals surface area contributed by atoms with Crippen molar-refractivity contribution in [2.75, 3.05) is 18.0 Å². The summed E-state index contributed by atoms with van der Waals surface area (Å²) in [5.41, 5.74) is 1.59. The van der Waals surface area contributed by atoms with Crippen LogP contribution in [0.5, 0.6) is 0 Å². The predicted octanol–water partition coefficient (Wildman–Crippen LogP) is 4.64. The van der Waals surface area contributed by atoms with Crippen molar-refractivity contribution in [3.63, 3.8) is 0 Å². The van der Waals surface area contributed by atoms with Gasteiger partial charge in [0.15, 0.2) is 0 Å². The van der Waals surface area contributed by atoms with E-state index in [2.05, 4.69) is 15.9 Å². The van der Waals surface area contributed by atoms with E-state index in [0.29, 0.717) is 24.7 Å². The molecule has 3 rings (SSSR count). The highest BCUT2D eigenvalue weighted by Crippen LogP contribution is 2.27. The van der Waals surface area contributed by atoms with E-state index in [1.807, 2.05) is 42.5 Å². The van der Waals surface area contributed by atoms with Crippen LogP contribution in [-0.2, 0) is 11.3 Å². The van der Waals surface area contributed by atoms with E-state index in [1.54, 1.807) is 15.9 Å². The van der Waals surface area contributed by atoms with Gasteiger partial charge in [-0.1, -0.05) is 45.7 Å². The van der Waals surface area contributed by atoms with Gasteiger partial charge in [-0.3, -0.25) is 9.69 Å². The quantitative estimate of drug-likeness (QED) is 0.741. The fourth-order valence-corrected chi connectivity index (χ4v) is 3.59. The minimum absolute atomic E-state index is 0.0132. The lowest BCUT2D eigenvalue weighted by molar-refractivity contribution is -0.138. The second-order valence-electron chi connectivity index (χ2n) is 6.31. The van der Waals surface area contributed by atoms with Gasteiger partial charge in [0.25, 0.3) is 0 Å². The van der Waals surface area contributed by atoms with Gasteiger partial charge in [-0.05, 0) is 35.9 Å². The second-order valence-corrected chi connectivity index (χ2v) is 7.63. The Morgan fingerprint density at radius 3 is 2.50 bits per heavy atom. The summed E-state index contributed by atoms with van der Waals surface area (Å²) in [5, 5.41) is 9.79. The first-order chi connectivity index (χ1) is 12.4. The lowest BCUT2D eigenvalue weighted by Crippen LogP contribution is -2.53. The zero-order valence-corrected chi connectivity index (χ0v) is 16.3. The van der Waals surface area contributed by atoms with Crippen LogP contribution in [0.1, 0.15) is 12.0 Å². The molecule has 1 atom stereocenters. The molecule has 1 saturated heterocycles. The third kappa shape index (κ3) is 4.37. The second kappa shape index (κ2) is 8.10. The fourth-order valence-electron chi connectivity index (χ4n) is 3.13. The molecule has 7 heteroatoms. The predicted molar refractivity (Wildman–Crippen MR) is 104 cm³/mol. The summed E-state index contributed by atoms with van der Waals surface area (Å²) in [7, 11) is 0. The van der Waals surface area contributed by atoms with Crippen LogP contribution >= 0.6 is 27.5 Å². The third-order valence-corrected chi connectivity index (χ3v) is 5.24. The Morgan fingerprint density at radius 1 is 1.15 bits per heavy atom. The summed E-state index contributed by atoms with van der Waals surface area (Å²) in [6, 6.07) is 14.6. The third-order valence-electron chi connectivity index (χ3n) is 4.34. The number of benzene rings is 2. The average Bonchev–Trinajstić information content (AvgIpc) is 2.60. The van der Waals surface area contributed by atoms with Gasteiger partial charge >= 0.3 is 12.0 Å². The van der Waals surface area contributed by atoms with Gasteiger partial charge in [-0.25, -0.2) is 4.79 Å². The van der Waals surface area contributed by atoms with Crippen LogP contribution < -0.4 is 4.90 Å². The molecule has 2 aromatic carbocycles. The van der Waals surface area contributed by atoms with E-state index in [9.17, 15) is 14.7 Å². The van der Waals surface area contributed by atoms with Gasteiger partial charge in [0, 0.05) is 40.7 Å². The first-order valence-corrected chi connectivity index (χ1v) is 9.38. The smallest absolute Gasteiger partial charge is 0.324 e. The zero-order valence-electron chi connectivity index (χ0n) is 13.9. The molecule has 1 fully saturated rings. The van der Waals surface area contributed by atoms with E-state index in [-0.39, 0.29) is 18.4 Å². The van der Waals surface area contributed by atoms with Gasteiger partial charge in [0.2, 0.25) is 0 Å². The molecule has 0 aliphatic carbocycles. The van der Waals surface area contributed by atoms with Crippen LogP contribution in [0.3, 0.4) is 0 Å². The number of rotatable bonds is 5. The molecular formula is C19H18BrClN2O3. The molecule has 2 amide bonds. The summed E-state index contributed by atoms with van der Waals surface area (Å²) in [6.07, 6.45) is 0.0132. The zero-order chi connectivity index (χ0) is 18.7. The summed E-state index contributed by atoms with van der Waals surface area (Å²) in [4.78, 5) is 27.5. The SMILES string of the molecule is O=C(O)CC1CN(Cc2ccccc2Cl)C(=O)N(c2ccc(Br)cc2)C1. The Balaban J connectivity index is 1.87. The first-order valence-electron chi connectivity index (χ1n) is 8.21. The molecule has 26 heavy (non-hydrogen) atoms. The molecule has 136 valence electrons. The molecule has 0 bridgehead atoms. The number of hydrogen-bond donors (Lipinski definition) is 1. The largest absolute Gasteiger partial charge is 0.481 e. The Hall–Kier alpha value is -2.05. The van der Waals surface area contributed by atoms with Crippen LogP contribution in [0.4, 0.5) is 10.5 Å². The van der Waals surface area contributed by atoms with Crippen molar-refractivity contribution >= 4 is 45.2 Å². The van der Waals surface area contributed by atoms with Crippen molar-refractivity contribution in [3.05, 3.63) is 63.6 Å². The van der Waals surface area contributed by atoms with E-state index in [0.717, 1.165) is 15.7 Å². The molecule has 0 aromatic heterocycles. The molecule has 1 N–H and O–H groups in total. The number of amides is 2. The van der Waals surface area contributed by atoms with Gasteiger partial charge in [0.1, 0.15) is 0 Å². The van der Waals surface area contributed by atoms with Crippen molar-refractivity contribution in [2.45, 2.75) is 13.0 Å². The average molecular weight is 438 g/mol. The number of carboxylic acids is 1. The first kappa shape index (κ1) is 18.7. The van der Waals surface area contributed by atoms with Crippen LogP contribution in [0.15, 0.2) is 53.0 Å². The van der Waals surface area contributed by atoms with Gasteiger partial charge in [-0.2, -0.15) is 0 Å². The maximum atomic E-state index is 13.0. The highest BCUT2D eigenvalue weighted by molar-refractivity contribution is 9.10. The highest BCUT2D eigenvalue weighted by Gasteiger charge is 2.33. The van der Waals surface area contributed by atoms with Crippen LogP contribution in [0, 0.1) is 5.92 Å². The van der Waals surface area contributed by atoms with E-state index >= 15 is 0 Å². The molecule has 0 spiro atoms. The molecule has 5 nitrogen and oxygen atoms in total. The topological polar surface area (TPSA) is 60.9 Å². The summed E-state index contributed by atoms with van der Waals surface area (Å²) in [6.45, 7) is 1.12. The van der Waals surface area contributed by atoms with Crippen molar-refractivity contribution < 1.29 is 14.7 Å².